The van der Waals surface area contributed by atoms with E-state index in [9.17, 15) is 9.59 Å². The fourth-order valence-electron chi connectivity index (χ4n) is 1.54. The van der Waals surface area contributed by atoms with Crippen molar-refractivity contribution in [1.82, 2.24) is 14.8 Å². The summed E-state index contributed by atoms with van der Waals surface area (Å²) in [4.78, 5) is 30.3. The van der Waals surface area contributed by atoms with Crippen molar-refractivity contribution in [2.24, 2.45) is 0 Å². The zero-order chi connectivity index (χ0) is 14.3. The number of carboxylic acid groups (broad SMARTS) is 1. The smallest absolute Gasteiger partial charge is 0.305 e. The van der Waals surface area contributed by atoms with Gasteiger partial charge in [0.15, 0.2) is 0 Å². The van der Waals surface area contributed by atoms with E-state index in [1.807, 2.05) is 19.0 Å². The van der Waals surface area contributed by atoms with Crippen LogP contribution in [0.4, 0.5) is 0 Å². The zero-order valence-corrected chi connectivity index (χ0v) is 11.2. The van der Waals surface area contributed by atoms with Crippen LogP contribution in [0.25, 0.3) is 0 Å². The van der Waals surface area contributed by atoms with Gasteiger partial charge in [-0.25, -0.2) is 0 Å². The van der Waals surface area contributed by atoms with Gasteiger partial charge in [0.05, 0.1) is 6.42 Å². The Bertz CT molecular complexity index is 420. The van der Waals surface area contributed by atoms with Crippen LogP contribution in [-0.2, 0) is 4.79 Å². The molecule has 0 atom stereocenters. The number of aliphatic carboxylic acids is 1. The van der Waals surface area contributed by atoms with Gasteiger partial charge in [0.1, 0.15) is 0 Å². The first-order valence-corrected chi connectivity index (χ1v) is 6.06. The third-order valence-electron chi connectivity index (χ3n) is 2.63. The number of carboxylic acids is 1. The first-order valence-electron chi connectivity index (χ1n) is 6.06. The van der Waals surface area contributed by atoms with Crippen molar-refractivity contribution in [2.45, 2.75) is 6.42 Å². The monoisotopic (exact) mass is 265 g/mol. The minimum absolute atomic E-state index is 0.0513. The van der Waals surface area contributed by atoms with Crippen LogP contribution in [0.2, 0.25) is 0 Å². The highest BCUT2D eigenvalue weighted by Crippen LogP contribution is 2.04. The average Bonchev–Trinajstić information content (AvgIpc) is 2.38. The second-order valence-electron chi connectivity index (χ2n) is 4.48. The number of rotatable bonds is 7. The van der Waals surface area contributed by atoms with Gasteiger partial charge in [-0.15, -0.1) is 0 Å². The number of amides is 1. The number of pyridine rings is 1. The van der Waals surface area contributed by atoms with E-state index in [0.29, 0.717) is 18.7 Å². The van der Waals surface area contributed by atoms with Crippen LogP contribution in [0.1, 0.15) is 16.8 Å². The summed E-state index contributed by atoms with van der Waals surface area (Å²) < 4.78 is 0. The van der Waals surface area contributed by atoms with Gasteiger partial charge in [-0.1, -0.05) is 0 Å². The van der Waals surface area contributed by atoms with Crippen LogP contribution in [-0.4, -0.2) is 65.5 Å². The highest BCUT2D eigenvalue weighted by molar-refractivity contribution is 5.94. The van der Waals surface area contributed by atoms with Crippen molar-refractivity contribution in [2.75, 3.05) is 33.7 Å². The van der Waals surface area contributed by atoms with E-state index >= 15 is 0 Å². The van der Waals surface area contributed by atoms with E-state index in [2.05, 4.69) is 4.98 Å². The van der Waals surface area contributed by atoms with Crippen LogP contribution in [0.3, 0.4) is 0 Å². The number of hydrogen-bond donors (Lipinski definition) is 1. The Morgan fingerprint density at radius 1 is 1.16 bits per heavy atom. The summed E-state index contributed by atoms with van der Waals surface area (Å²) >= 11 is 0. The maximum atomic E-state index is 12.3. The fraction of sp³-hybridized carbons (Fsp3) is 0.462. The van der Waals surface area contributed by atoms with Crippen molar-refractivity contribution >= 4 is 11.9 Å². The second kappa shape index (κ2) is 7.48. The van der Waals surface area contributed by atoms with Gasteiger partial charge in [-0.3, -0.25) is 14.6 Å². The van der Waals surface area contributed by atoms with E-state index in [4.69, 9.17) is 5.11 Å². The quantitative estimate of drug-likeness (QED) is 0.779. The van der Waals surface area contributed by atoms with Crippen molar-refractivity contribution in [3.63, 3.8) is 0 Å². The molecule has 0 aliphatic carbocycles. The van der Waals surface area contributed by atoms with Crippen LogP contribution in [0, 0.1) is 0 Å². The number of hydrogen-bond acceptors (Lipinski definition) is 4. The summed E-state index contributed by atoms with van der Waals surface area (Å²) in [5.41, 5.74) is 0.527. The standard InChI is InChI=1S/C13H19N3O3/c1-15(2)9-10-16(8-5-12(17)18)13(19)11-3-6-14-7-4-11/h3-4,6-7H,5,8-10H2,1-2H3,(H,17,18). The Labute approximate surface area is 112 Å². The lowest BCUT2D eigenvalue weighted by molar-refractivity contribution is -0.137. The van der Waals surface area contributed by atoms with Crippen molar-refractivity contribution < 1.29 is 14.7 Å². The Kier molecular flexibility index (Phi) is 5.95. The summed E-state index contributed by atoms with van der Waals surface area (Å²) in [5.74, 6) is -1.07. The molecule has 0 radical (unpaired) electrons. The highest BCUT2D eigenvalue weighted by atomic mass is 16.4. The molecule has 0 saturated carbocycles. The summed E-state index contributed by atoms with van der Waals surface area (Å²) in [5, 5.41) is 8.73. The minimum atomic E-state index is -0.905. The van der Waals surface area contributed by atoms with E-state index in [1.165, 1.54) is 0 Å². The van der Waals surface area contributed by atoms with Gasteiger partial charge in [0.25, 0.3) is 5.91 Å². The molecule has 1 N–H and O–H groups in total. The third kappa shape index (κ3) is 5.48. The summed E-state index contributed by atoms with van der Waals surface area (Å²) in [6.07, 6.45) is 3.05. The molecular formula is C13H19N3O3. The van der Waals surface area contributed by atoms with Gasteiger partial charge in [0, 0.05) is 37.6 Å². The molecule has 0 spiro atoms. The topological polar surface area (TPSA) is 73.7 Å². The van der Waals surface area contributed by atoms with Gasteiger partial charge in [-0.05, 0) is 26.2 Å². The lowest BCUT2D eigenvalue weighted by atomic mass is 10.2. The molecule has 1 heterocycles. The molecule has 0 aromatic carbocycles. The van der Waals surface area contributed by atoms with Gasteiger partial charge in [0.2, 0.25) is 0 Å². The number of carbonyl (C=O) groups excluding carboxylic acids is 1. The molecular weight excluding hydrogens is 246 g/mol. The number of carbonyl (C=O) groups is 2. The van der Waals surface area contributed by atoms with Gasteiger partial charge in [-0.2, -0.15) is 0 Å². The number of nitrogens with zero attached hydrogens (tertiary/aromatic N) is 3. The van der Waals surface area contributed by atoms with Crippen LogP contribution >= 0.6 is 0 Å². The molecule has 0 aliphatic rings. The van der Waals surface area contributed by atoms with Crippen LogP contribution < -0.4 is 0 Å². The summed E-state index contributed by atoms with van der Waals surface area (Å²) in [6.45, 7) is 1.40. The van der Waals surface area contributed by atoms with E-state index in [0.717, 1.165) is 0 Å². The second-order valence-corrected chi connectivity index (χ2v) is 4.48. The maximum Gasteiger partial charge on any atom is 0.305 e. The SMILES string of the molecule is CN(C)CCN(CCC(=O)O)C(=O)c1ccncc1. The average molecular weight is 265 g/mol. The van der Waals surface area contributed by atoms with E-state index in [1.54, 1.807) is 29.4 Å². The van der Waals surface area contributed by atoms with Gasteiger partial charge >= 0.3 is 5.97 Å². The summed E-state index contributed by atoms with van der Waals surface area (Å²) in [6, 6.07) is 3.26. The lowest BCUT2D eigenvalue weighted by Gasteiger charge is -2.23. The van der Waals surface area contributed by atoms with Crippen molar-refractivity contribution in [1.29, 1.82) is 0 Å². The first-order chi connectivity index (χ1) is 9.00. The largest absolute Gasteiger partial charge is 0.481 e. The first kappa shape index (κ1) is 15.1. The predicted octanol–water partition coefficient (Wildman–Crippen LogP) is 0.560. The molecule has 0 aliphatic heterocycles. The number of aromatic nitrogens is 1. The minimum Gasteiger partial charge on any atom is -0.481 e. The Morgan fingerprint density at radius 2 is 1.79 bits per heavy atom. The molecule has 19 heavy (non-hydrogen) atoms. The molecule has 104 valence electrons. The Morgan fingerprint density at radius 3 is 2.32 bits per heavy atom. The highest BCUT2D eigenvalue weighted by Gasteiger charge is 2.16. The molecule has 0 fully saturated rings. The van der Waals surface area contributed by atoms with E-state index < -0.39 is 5.97 Å². The Hall–Kier alpha value is -1.95. The van der Waals surface area contributed by atoms with Crippen molar-refractivity contribution in [3.05, 3.63) is 30.1 Å². The fourth-order valence-corrected chi connectivity index (χ4v) is 1.54. The third-order valence-corrected chi connectivity index (χ3v) is 2.63. The molecule has 6 heteroatoms. The molecule has 1 aromatic rings. The normalized spacial score (nSPS) is 10.5. The zero-order valence-electron chi connectivity index (χ0n) is 11.2. The molecule has 0 unspecified atom stereocenters. The maximum absolute atomic E-state index is 12.3. The summed E-state index contributed by atoms with van der Waals surface area (Å²) in [7, 11) is 3.82. The number of likely N-dealkylation sites (N-methyl/N-ethyl adjacent to an activating group) is 1. The molecule has 0 saturated heterocycles. The molecule has 1 rings (SSSR count). The van der Waals surface area contributed by atoms with Crippen LogP contribution in [0.15, 0.2) is 24.5 Å². The predicted molar refractivity (Wildman–Crippen MR) is 70.9 cm³/mol. The van der Waals surface area contributed by atoms with E-state index in [-0.39, 0.29) is 18.9 Å². The Balaban J connectivity index is 2.71. The lowest BCUT2D eigenvalue weighted by Crippen LogP contribution is -2.38. The molecule has 1 amide bonds. The molecule has 0 bridgehead atoms. The van der Waals surface area contributed by atoms with Gasteiger partial charge < -0.3 is 14.9 Å². The molecule has 6 nitrogen and oxygen atoms in total. The van der Waals surface area contributed by atoms with Crippen LogP contribution in [0.5, 0.6) is 0 Å². The molecule has 1 aromatic heterocycles. The van der Waals surface area contributed by atoms with Crippen molar-refractivity contribution in [3.8, 4) is 0 Å².